The number of aryl methyl sites for hydroxylation is 1. The minimum Gasteiger partial charge on any atom is -0.235 e. The first-order chi connectivity index (χ1) is 5.52. The quantitative estimate of drug-likeness (QED) is 0.697. The standard InChI is InChI=1S/C8H10BrFN2/c1-4(2)7-6(10)8(9)12-5(3)11-7/h4H,1-3H3. The summed E-state index contributed by atoms with van der Waals surface area (Å²) in [5, 5.41) is 0. The van der Waals surface area contributed by atoms with Crippen molar-refractivity contribution in [3.05, 3.63) is 21.9 Å². The highest BCUT2D eigenvalue weighted by Crippen LogP contribution is 2.21. The van der Waals surface area contributed by atoms with Crippen molar-refractivity contribution in [1.82, 2.24) is 9.97 Å². The van der Waals surface area contributed by atoms with Crippen molar-refractivity contribution in [3.63, 3.8) is 0 Å². The van der Waals surface area contributed by atoms with E-state index < -0.39 is 0 Å². The van der Waals surface area contributed by atoms with Gasteiger partial charge in [0, 0.05) is 0 Å². The first-order valence-corrected chi connectivity index (χ1v) is 4.51. The minimum absolute atomic E-state index is 0.0861. The molecule has 0 spiro atoms. The number of hydrogen-bond donors (Lipinski definition) is 0. The zero-order valence-electron chi connectivity index (χ0n) is 7.23. The molecule has 0 aromatic carbocycles. The van der Waals surface area contributed by atoms with E-state index in [1.54, 1.807) is 6.92 Å². The average Bonchev–Trinajstić information content (AvgIpc) is 1.96. The molecule has 0 aliphatic rings. The SMILES string of the molecule is Cc1nc(Br)c(F)c(C(C)C)n1. The number of aromatic nitrogens is 2. The molecule has 0 amide bonds. The van der Waals surface area contributed by atoms with Crippen LogP contribution >= 0.6 is 15.9 Å². The molecule has 12 heavy (non-hydrogen) atoms. The van der Waals surface area contributed by atoms with Crippen LogP contribution in [0.15, 0.2) is 4.60 Å². The molecule has 0 radical (unpaired) electrons. The maximum atomic E-state index is 13.3. The monoisotopic (exact) mass is 232 g/mol. The van der Waals surface area contributed by atoms with Crippen molar-refractivity contribution in [2.24, 2.45) is 0 Å². The Hall–Kier alpha value is -0.510. The molecule has 0 fully saturated rings. The van der Waals surface area contributed by atoms with E-state index in [1.165, 1.54) is 0 Å². The summed E-state index contributed by atoms with van der Waals surface area (Å²) in [4.78, 5) is 7.86. The maximum absolute atomic E-state index is 13.3. The molecular weight excluding hydrogens is 223 g/mol. The number of halogens is 2. The summed E-state index contributed by atoms with van der Waals surface area (Å²) < 4.78 is 13.5. The van der Waals surface area contributed by atoms with Gasteiger partial charge in [-0.05, 0) is 28.8 Å². The number of hydrogen-bond acceptors (Lipinski definition) is 2. The van der Waals surface area contributed by atoms with E-state index in [1.807, 2.05) is 13.8 Å². The predicted octanol–water partition coefficient (Wildman–Crippen LogP) is 2.81. The largest absolute Gasteiger partial charge is 0.235 e. The van der Waals surface area contributed by atoms with Crippen LogP contribution in [0.2, 0.25) is 0 Å². The van der Waals surface area contributed by atoms with Crippen molar-refractivity contribution in [2.75, 3.05) is 0 Å². The van der Waals surface area contributed by atoms with Gasteiger partial charge in [-0.25, -0.2) is 14.4 Å². The molecule has 4 heteroatoms. The molecule has 1 aromatic heterocycles. The highest BCUT2D eigenvalue weighted by Gasteiger charge is 2.13. The van der Waals surface area contributed by atoms with Gasteiger partial charge in [-0.3, -0.25) is 0 Å². The van der Waals surface area contributed by atoms with Crippen LogP contribution in [0.1, 0.15) is 31.3 Å². The molecule has 1 aromatic rings. The van der Waals surface area contributed by atoms with Gasteiger partial charge in [0.2, 0.25) is 0 Å². The van der Waals surface area contributed by atoms with Crippen molar-refractivity contribution in [3.8, 4) is 0 Å². The first kappa shape index (κ1) is 9.58. The van der Waals surface area contributed by atoms with Crippen molar-refractivity contribution < 1.29 is 4.39 Å². The van der Waals surface area contributed by atoms with Gasteiger partial charge in [0.05, 0.1) is 5.69 Å². The molecule has 0 saturated heterocycles. The third-order valence-corrected chi connectivity index (χ3v) is 2.02. The molecule has 0 saturated carbocycles. The second-order valence-corrected chi connectivity index (χ2v) is 3.67. The van der Waals surface area contributed by atoms with E-state index in [9.17, 15) is 4.39 Å². The van der Waals surface area contributed by atoms with Crippen LogP contribution in [0.3, 0.4) is 0 Å². The zero-order chi connectivity index (χ0) is 9.30. The molecule has 0 unspecified atom stereocenters. The van der Waals surface area contributed by atoms with Crippen molar-refractivity contribution in [2.45, 2.75) is 26.7 Å². The second kappa shape index (κ2) is 3.47. The highest BCUT2D eigenvalue weighted by molar-refractivity contribution is 9.10. The predicted molar refractivity (Wildman–Crippen MR) is 48.5 cm³/mol. The van der Waals surface area contributed by atoms with Crippen molar-refractivity contribution >= 4 is 15.9 Å². The fourth-order valence-electron chi connectivity index (χ4n) is 0.928. The van der Waals surface area contributed by atoms with Gasteiger partial charge < -0.3 is 0 Å². The van der Waals surface area contributed by atoms with Gasteiger partial charge >= 0.3 is 0 Å². The smallest absolute Gasteiger partial charge is 0.177 e. The van der Waals surface area contributed by atoms with Gasteiger partial charge in [0.15, 0.2) is 5.82 Å². The lowest BCUT2D eigenvalue weighted by Gasteiger charge is -2.07. The average molecular weight is 233 g/mol. The van der Waals surface area contributed by atoms with Crippen LogP contribution in [-0.4, -0.2) is 9.97 Å². The highest BCUT2D eigenvalue weighted by atomic mass is 79.9. The zero-order valence-corrected chi connectivity index (χ0v) is 8.81. The van der Waals surface area contributed by atoms with Crippen LogP contribution in [0, 0.1) is 12.7 Å². The molecular formula is C8H10BrFN2. The molecule has 1 heterocycles. The lowest BCUT2D eigenvalue weighted by molar-refractivity contribution is 0.564. The van der Waals surface area contributed by atoms with Crippen LogP contribution < -0.4 is 0 Å². The van der Waals surface area contributed by atoms with Crippen LogP contribution in [-0.2, 0) is 0 Å². The van der Waals surface area contributed by atoms with E-state index in [0.29, 0.717) is 11.5 Å². The number of rotatable bonds is 1. The molecule has 0 atom stereocenters. The summed E-state index contributed by atoms with van der Waals surface area (Å²) in [7, 11) is 0. The van der Waals surface area contributed by atoms with Gasteiger partial charge in [-0.15, -0.1) is 0 Å². The molecule has 0 bridgehead atoms. The maximum Gasteiger partial charge on any atom is 0.177 e. The first-order valence-electron chi connectivity index (χ1n) is 3.72. The molecule has 2 nitrogen and oxygen atoms in total. The van der Waals surface area contributed by atoms with Crippen LogP contribution in [0.5, 0.6) is 0 Å². The summed E-state index contributed by atoms with van der Waals surface area (Å²) in [6, 6.07) is 0. The second-order valence-electron chi connectivity index (χ2n) is 2.92. The summed E-state index contributed by atoms with van der Waals surface area (Å²) in [6.07, 6.45) is 0. The van der Waals surface area contributed by atoms with Gasteiger partial charge in [0.25, 0.3) is 0 Å². The summed E-state index contributed by atoms with van der Waals surface area (Å²) in [5.41, 5.74) is 0.467. The topological polar surface area (TPSA) is 25.8 Å². The Morgan fingerprint density at radius 3 is 2.42 bits per heavy atom. The van der Waals surface area contributed by atoms with E-state index in [2.05, 4.69) is 25.9 Å². The van der Waals surface area contributed by atoms with Gasteiger partial charge in [-0.2, -0.15) is 0 Å². The molecule has 0 aliphatic heterocycles. The third-order valence-electron chi connectivity index (χ3n) is 1.50. The fourth-order valence-corrected chi connectivity index (χ4v) is 1.39. The van der Waals surface area contributed by atoms with E-state index in [-0.39, 0.29) is 16.3 Å². The van der Waals surface area contributed by atoms with Crippen molar-refractivity contribution in [1.29, 1.82) is 0 Å². The van der Waals surface area contributed by atoms with Crippen LogP contribution in [0.4, 0.5) is 4.39 Å². The Morgan fingerprint density at radius 1 is 1.33 bits per heavy atom. The van der Waals surface area contributed by atoms with E-state index in [0.717, 1.165) is 0 Å². The molecule has 0 aliphatic carbocycles. The third kappa shape index (κ3) is 1.80. The van der Waals surface area contributed by atoms with Gasteiger partial charge in [-0.1, -0.05) is 13.8 Å². The minimum atomic E-state index is -0.351. The molecule has 66 valence electrons. The number of nitrogens with zero attached hydrogens (tertiary/aromatic N) is 2. The van der Waals surface area contributed by atoms with Crippen LogP contribution in [0.25, 0.3) is 0 Å². The summed E-state index contributed by atoms with van der Waals surface area (Å²) in [5.74, 6) is 0.325. The molecule has 0 N–H and O–H groups in total. The normalized spacial score (nSPS) is 10.8. The lowest BCUT2D eigenvalue weighted by Crippen LogP contribution is -2.03. The summed E-state index contributed by atoms with van der Waals surface area (Å²) in [6.45, 7) is 5.55. The fraction of sp³-hybridized carbons (Fsp3) is 0.500. The van der Waals surface area contributed by atoms with Gasteiger partial charge in [0.1, 0.15) is 10.4 Å². The van der Waals surface area contributed by atoms with E-state index >= 15 is 0 Å². The molecule has 1 rings (SSSR count). The Labute approximate surface area is 79.4 Å². The van der Waals surface area contributed by atoms with E-state index in [4.69, 9.17) is 0 Å². The Morgan fingerprint density at radius 2 is 1.92 bits per heavy atom. The Kier molecular flexibility index (Phi) is 2.77. The lowest BCUT2D eigenvalue weighted by atomic mass is 10.1. The summed E-state index contributed by atoms with van der Waals surface area (Å²) >= 11 is 3.04. The Balaban J connectivity index is 3.28. The Bertz CT molecular complexity index is 299.